The molecule has 0 aliphatic carbocycles. The van der Waals surface area contributed by atoms with E-state index in [9.17, 15) is 4.39 Å². The first-order valence-corrected chi connectivity index (χ1v) is 9.37. The van der Waals surface area contributed by atoms with Gasteiger partial charge in [-0.15, -0.1) is 35.3 Å². The van der Waals surface area contributed by atoms with Crippen molar-refractivity contribution < 1.29 is 9.13 Å². The third kappa shape index (κ3) is 8.79. The smallest absolute Gasteiger partial charge is 0.191 e. The maximum Gasteiger partial charge on any atom is 0.191 e. The van der Waals surface area contributed by atoms with Crippen LogP contribution in [-0.2, 0) is 6.42 Å². The molecule has 1 heterocycles. The Bertz CT molecular complexity index is 663. The van der Waals surface area contributed by atoms with Gasteiger partial charge in [0.1, 0.15) is 11.6 Å². The van der Waals surface area contributed by atoms with Crippen molar-refractivity contribution >= 4 is 41.3 Å². The van der Waals surface area contributed by atoms with Gasteiger partial charge in [-0.3, -0.25) is 4.99 Å². The molecule has 5 nitrogen and oxygen atoms in total. The Labute approximate surface area is 175 Å². The molecule has 26 heavy (non-hydrogen) atoms. The lowest BCUT2D eigenvalue weighted by Crippen LogP contribution is -2.38. The van der Waals surface area contributed by atoms with Gasteiger partial charge < -0.3 is 15.4 Å². The fourth-order valence-electron chi connectivity index (χ4n) is 2.15. The minimum atomic E-state index is -0.258. The summed E-state index contributed by atoms with van der Waals surface area (Å²) in [6, 6.07) is 6.05. The molecule has 144 valence electrons. The van der Waals surface area contributed by atoms with Crippen LogP contribution in [0.15, 0.2) is 34.6 Å². The molecule has 0 spiro atoms. The zero-order valence-corrected chi connectivity index (χ0v) is 18.3. The molecule has 0 aliphatic heterocycles. The van der Waals surface area contributed by atoms with Gasteiger partial charge in [0.25, 0.3) is 0 Å². The highest BCUT2D eigenvalue weighted by Gasteiger charge is 2.01. The van der Waals surface area contributed by atoms with Crippen LogP contribution in [-0.4, -0.2) is 37.2 Å². The van der Waals surface area contributed by atoms with Crippen LogP contribution in [0.4, 0.5) is 4.39 Å². The predicted octanol–water partition coefficient (Wildman–Crippen LogP) is 3.78. The van der Waals surface area contributed by atoms with Crippen LogP contribution in [0, 0.1) is 12.7 Å². The summed E-state index contributed by atoms with van der Waals surface area (Å²) in [5, 5.41) is 9.73. The molecule has 2 rings (SSSR count). The molecule has 0 aliphatic rings. The van der Waals surface area contributed by atoms with Gasteiger partial charge in [0.15, 0.2) is 5.96 Å². The molecule has 0 radical (unpaired) electrons. The summed E-state index contributed by atoms with van der Waals surface area (Å²) in [5.41, 5.74) is 1.11. The maximum absolute atomic E-state index is 12.8. The largest absolute Gasteiger partial charge is 0.494 e. The van der Waals surface area contributed by atoms with Crippen molar-refractivity contribution in [1.29, 1.82) is 0 Å². The SMILES string of the molecule is CCNC(=NCCCOc1ccc(F)cc1)NCCc1csc(C)n1.I. The van der Waals surface area contributed by atoms with Gasteiger partial charge >= 0.3 is 0 Å². The summed E-state index contributed by atoms with van der Waals surface area (Å²) < 4.78 is 18.4. The molecule has 0 saturated heterocycles. The Hall–Kier alpha value is -1.42. The average Bonchev–Trinajstić information content (AvgIpc) is 3.01. The van der Waals surface area contributed by atoms with Crippen molar-refractivity contribution in [2.24, 2.45) is 4.99 Å². The van der Waals surface area contributed by atoms with E-state index in [4.69, 9.17) is 4.74 Å². The van der Waals surface area contributed by atoms with Gasteiger partial charge in [-0.25, -0.2) is 9.37 Å². The number of hydrogen-bond donors (Lipinski definition) is 2. The zero-order valence-electron chi connectivity index (χ0n) is 15.1. The second kappa shape index (κ2) is 12.9. The van der Waals surface area contributed by atoms with Crippen LogP contribution < -0.4 is 15.4 Å². The van der Waals surface area contributed by atoms with E-state index in [-0.39, 0.29) is 29.8 Å². The standard InChI is InChI=1S/C18H25FN4OS.HI/c1-3-20-18(22-11-9-16-13-25-14(2)23-16)21-10-4-12-24-17-7-5-15(19)6-8-17;/h5-8,13H,3-4,9-12H2,1-2H3,(H2,20,21,22);1H. The van der Waals surface area contributed by atoms with Crippen LogP contribution in [0.3, 0.4) is 0 Å². The lowest BCUT2D eigenvalue weighted by molar-refractivity contribution is 0.313. The summed E-state index contributed by atoms with van der Waals surface area (Å²) in [4.78, 5) is 8.98. The number of aromatic nitrogens is 1. The number of thiazole rings is 1. The number of benzene rings is 1. The first kappa shape index (κ1) is 22.6. The van der Waals surface area contributed by atoms with Gasteiger partial charge in [0.2, 0.25) is 0 Å². The minimum absolute atomic E-state index is 0. The third-order valence-corrected chi connectivity index (χ3v) is 4.16. The second-order valence-corrected chi connectivity index (χ2v) is 6.51. The molecular formula is C18H26FIN4OS. The van der Waals surface area contributed by atoms with Crippen molar-refractivity contribution in [2.75, 3.05) is 26.2 Å². The number of ether oxygens (including phenoxy) is 1. The Kier molecular flexibility index (Phi) is 11.2. The average molecular weight is 492 g/mol. The Morgan fingerprint density at radius 1 is 1.27 bits per heavy atom. The molecule has 0 amide bonds. The summed E-state index contributed by atoms with van der Waals surface area (Å²) in [7, 11) is 0. The van der Waals surface area contributed by atoms with E-state index in [0.29, 0.717) is 18.9 Å². The zero-order chi connectivity index (χ0) is 17.9. The van der Waals surface area contributed by atoms with Gasteiger partial charge in [-0.2, -0.15) is 0 Å². The van der Waals surface area contributed by atoms with Crippen molar-refractivity contribution in [2.45, 2.75) is 26.7 Å². The summed E-state index contributed by atoms with van der Waals surface area (Å²) in [5.74, 6) is 1.22. The van der Waals surface area contributed by atoms with E-state index in [1.54, 1.807) is 23.5 Å². The molecule has 1 aromatic carbocycles. The highest BCUT2D eigenvalue weighted by Crippen LogP contribution is 2.11. The fourth-order valence-corrected chi connectivity index (χ4v) is 2.80. The number of nitrogens with one attached hydrogen (secondary N) is 2. The minimum Gasteiger partial charge on any atom is -0.494 e. The second-order valence-electron chi connectivity index (χ2n) is 5.45. The van der Waals surface area contributed by atoms with Crippen LogP contribution in [0.5, 0.6) is 5.75 Å². The van der Waals surface area contributed by atoms with Crippen molar-refractivity contribution in [3.05, 3.63) is 46.2 Å². The van der Waals surface area contributed by atoms with Crippen LogP contribution >= 0.6 is 35.3 Å². The van der Waals surface area contributed by atoms with E-state index in [2.05, 4.69) is 26.0 Å². The quantitative estimate of drug-likeness (QED) is 0.242. The number of hydrogen-bond acceptors (Lipinski definition) is 4. The molecule has 2 aromatic rings. The number of aliphatic imine (C=N–C) groups is 1. The van der Waals surface area contributed by atoms with Crippen molar-refractivity contribution in [3.63, 3.8) is 0 Å². The molecule has 0 bridgehead atoms. The van der Waals surface area contributed by atoms with Gasteiger partial charge in [-0.05, 0) is 38.1 Å². The summed E-state index contributed by atoms with van der Waals surface area (Å²) >= 11 is 1.67. The van der Waals surface area contributed by atoms with Gasteiger partial charge in [-0.1, -0.05) is 0 Å². The van der Waals surface area contributed by atoms with Crippen LogP contribution in [0.1, 0.15) is 24.0 Å². The normalized spacial score (nSPS) is 11.0. The van der Waals surface area contributed by atoms with Crippen LogP contribution in [0.25, 0.3) is 0 Å². The van der Waals surface area contributed by atoms with E-state index in [0.717, 1.165) is 42.6 Å². The van der Waals surface area contributed by atoms with Gasteiger partial charge in [0.05, 0.1) is 17.3 Å². The lowest BCUT2D eigenvalue weighted by atomic mass is 10.3. The first-order chi connectivity index (χ1) is 12.2. The Morgan fingerprint density at radius 3 is 2.69 bits per heavy atom. The van der Waals surface area contributed by atoms with Crippen LogP contribution in [0.2, 0.25) is 0 Å². The molecule has 1 aromatic heterocycles. The molecular weight excluding hydrogens is 466 g/mol. The monoisotopic (exact) mass is 492 g/mol. The molecule has 0 unspecified atom stereocenters. The van der Waals surface area contributed by atoms with E-state index in [1.807, 2.05) is 13.8 Å². The number of aryl methyl sites for hydroxylation is 1. The molecule has 2 N–H and O–H groups in total. The molecule has 0 saturated carbocycles. The molecule has 0 atom stereocenters. The predicted molar refractivity (Wildman–Crippen MR) is 116 cm³/mol. The van der Waals surface area contributed by atoms with E-state index >= 15 is 0 Å². The highest BCUT2D eigenvalue weighted by molar-refractivity contribution is 14.0. The first-order valence-electron chi connectivity index (χ1n) is 8.49. The van der Waals surface area contributed by atoms with E-state index in [1.165, 1.54) is 12.1 Å². The number of guanidine groups is 1. The highest BCUT2D eigenvalue weighted by atomic mass is 127. The molecule has 8 heteroatoms. The van der Waals surface area contributed by atoms with Gasteiger partial charge in [0, 0.05) is 37.9 Å². The van der Waals surface area contributed by atoms with Crippen molar-refractivity contribution in [3.8, 4) is 5.75 Å². The lowest BCUT2D eigenvalue weighted by Gasteiger charge is -2.11. The number of rotatable bonds is 9. The maximum atomic E-state index is 12.8. The molecule has 0 fully saturated rings. The number of halogens is 2. The topological polar surface area (TPSA) is 58.5 Å². The third-order valence-electron chi connectivity index (χ3n) is 3.34. The summed E-state index contributed by atoms with van der Waals surface area (Å²) in [6.45, 7) is 6.87. The Balaban J connectivity index is 0.00000338. The Morgan fingerprint density at radius 2 is 2.04 bits per heavy atom. The van der Waals surface area contributed by atoms with Crippen molar-refractivity contribution in [1.82, 2.24) is 15.6 Å². The number of nitrogens with zero attached hydrogens (tertiary/aromatic N) is 2. The summed E-state index contributed by atoms with van der Waals surface area (Å²) in [6.07, 6.45) is 1.67. The van der Waals surface area contributed by atoms with E-state index < -0.39 is 0 Å². The fraction of sp³-hybridized carbons (Fsp3) is 0.444.